The van der Waals surface area contributed by atoms with Crippen LogP contribution in [0.2, 0.25) is 0 Å². The van der Waals surface area contributed by atoms with Gasteiger partial charge in [-0.25, -0.2) is 9.59 Å². The standard InChI is InChI=1S/C21H29N3O5/c1-21(2,3)29-20(27)23-17(19(26)28-4)13-7-9-14(10-8-13)24-12-16-15(18(24)25)6-5-11-22-16/h5-6,11,13-14,17H,7-10,12H2,1-4H3,(H,23,27)/t13?,14?,17-/m0/s1. The first kappa shape index (κ1) is 21.1. The molecule has 1 saturated carbocycles. The summed E-state index contributed by atoms with van der Waals surface area (Å²) in [6.45, 7) is 5.83. The van der Waals surface area contributed by atoms with Gasteiger partial charge in [0.05, 0.1) is 24.9 Å². The van der Waals surface area contributed by atoms with E-state index in [1.807, 2.05) is 11.0 Å². The summed E-state index contributed by atoms with van der Waals surface area (Å²) < 4.78 is 10.2. The van der Waals surface area contributed by atoms with E-state index >= 15 is 0 Å². The zero-order valence-electron chi connectivity index (χ0n) is 17.4. The summed E-state index contributed by atoms with van der Waals surface area (Å²) in [5.41, 5.74) is 0.842. The second kappa shape index (κ2) is 8.39. The molecule has 2 heterocycles. The lowest BCUT2D eigenvalue weighted by Gasteiger charge is -2.37. The first-order valence-electron chi connectivity index (χ1n) is 10.0. The molecule has 1 N–H and O–H groups in total. The van der Waals surface area contributed by atoms with Crippen molar-refractivity contribution in [2.45, 2.75) is 70.7 Å². The smallest absolute Gasteiger partial charge is 0.408 e. The molecule has 158 valence electrons. The number of carbonyl (C=O) groups excluding carboxylic acids is 3. The largest absolute Gasteiger partial charge is 0.467 e. The normalized spacial score (nSPS) is 22.6. The number of hydrogen-bond donors (Lipinski definition) is 1. The van der Waals surface area contributed by atoms with Crippen LogP contribution in [0.15, 0.2) is 18.3 Å². The molecule has 8 nitrogen and oxygen atoms in total. The number of carbonyl (C=O) groups is 3. The number of aromatic nitrogens is 1. The van der Waals surface area contributed by atoms with E-state index in [0.29, 0.717) is 24.9 Å². The Hall–Kier alpha value is -2.64. The highest BCUT2D eigenvalue weighted by Gasteiger charge is 2.39. The van der Waals surface area contributed by atoms with Gasteiger partial charge in [0.1, 0.15) is 11.6 Å². The van der Waals surface area contributed by atoms with Crippen molar-refractivity contribution in [3.05, 3.63) is 29.6 Å². The Morgan fingerprint density at radius 3 is 2.52 bits per heavy atom. The Bertz CT molecular complexity index is 781. The number of nitrogens with one attached hydrogen (secondary N) is 1. The molecule has 2 aliphatic rings. The van der Waals surface area contributed by atoms with Crippen LogP contribution in [-0.2, 0) is 20.8 Å². The Morgan fingerprint density at radius 2 is 1.93 bits per heavy atom. The molecular formula is C21H29N3O5. The van der Waals surface area contributed by atoms with Crippen LogP contribution < -0.4 is 5.32 Å². The maximum Gasteiger partial charge on any atom is 0.408 e. The van der Waals surface area contributed by atoms with Crippen molar-refractivity contribution >= 4 is 18.0 Å². The summed E-state index contributed by atoms with van der Waals surface area (Å²) in [5, 5.41) is 2.68. The predicted molar refractivity (Wildman–Crippen MR) is 105 cm³/mol. The van der Waals surface area contributed by atoms with Crippen LogP contribution in [0.5, 0.6) is 0 Å². The van der Waals surface area contributed by atoms with Crippen LogP contribution in [0.3, 0.4) is 0 Å². The van der Waals surface area contributed by atoms with Gasteiger partial charge in [0.15, 0.2) is 0 Å². The van der Waals surface area contributed by atoms with Crippen molar-refractivity contribution in [1.29, 1.82) is 0 Å². The quantitative estimate of drug-likeness (QED) is 0.776. The summed E-state index contributed by atoms with van der Waals surface area (Å²) in [4.78, 5) is 43.3. The minimum Gasteiger partial charge on any atom is -0.467 e. The molecule has 0 unspecified atom stereocenters. The lowest BCUT2D eigenvalue weighted by atomic mass is 9.81. The van der Waals surface area contributed by atoms with Crippen molar-refractivity contribution < 1.29 is 23.9 Å². The molecule has 8 heteroatoms. The highest BCUT2D eigenvalue weighted by atomic mass is 16.6. The lowest BCUT2D eigenvalue weighted by molar-refractivity contribution is -0.145. The number of methoxy groups -OCH3 is 1. The van der Waals surface area contributed by atoms with Gasteiger partial charge in [0.2, 0.25) is 0 Å². The van der Waals surface area contributed by atoms with Gasteiger partial charge in [-0.1, -0.05) is 0 Å². The molecule has 29 heavy (non-hydrogen) atoms. The molecule has 1 aromatic rings. The fourth-order valence-electron chi connectivity index (χ4n) is 4.12. The molecule has 0 bridgehead atoms. The van der Waals surface area contributed by atoms with E-state index in [1.54, 1.807) is 33.0 Å². The third-order valence-corrected chi connectivity index (χ3v) is 5.48. The highest BCUT2D eigenvalue weighted by Crippen LogP contribution is 2.34. The SMILES string of the molecule is COC(=O)[C@@H](NC(=O)OC(C)(C)C)C1CCC(N2Cc3ncccc3C2=O)CC1. The van der Waals surface area contributed by atoms with E-state index in [2.05, 4.69) is 10.3 Å². The molecule has 1 aromatic heterocycles. The van der Waals surface area contributed by atoms with E-state index in [-0.39, 0.29) is 17.9 Å². The van der Waals surface area contributed by atoms with Crippen LogP contribution in [0, 0.1) is 5.92 Å². The maximum atomic E-state index is 12.7. The van der Waals surface area contributed by atoms with Crippen LogP contribution in [-0.4, -0.2) is 52.6 Å². The number of ether oxygens (including phenoxy) is 2. The Kier molecular flexibility index (Phi) is 6.10. The molecule has 3 rings (SSSR count). The van der Waals surface area contributed by atoms with Crippen LogP contribution in [0.4, 0.5) is 4.79 Å². The third-order valence-electron chi connectivity index (χ3n) is 5.48. The van der Waals surface area contributed by atoms with Crippen LogP contribution >= 0.6 is 0 Å². The van der Waals surface area contributed by atoms with Crippen LogP contribution in [0.1, 0.15) is 62.5 Å². The van der Waals surface area contributed by atoms with Gasteiger partial charge in [-0.2, -0.15) is 0 Å². The van der Waals surface area contributed by atoms with E-state index in [1.165, 1.54) is 7.11 Å². The summed E-state index contributed by atoms with van der Waals surface area (Å²) in [5.74, 6) is -0.523. The van der Waals surface area contributed by atoms with E-state index < -0.39 is 23.7 Å². The van der Waals surface area contributed by atoms with Crippen molar-refractivity contribution in [3.63, 3.8) is 0 Å². The Labute approximate surface area is 170 Å². The first-order valence-corrected chi connectivity index (χ1v) is 10.0. The van der Waals surface area contributed by atoms with Gasteiger partial charge in [-0.3, -0.25) is 9.78 Å². The number of hydrogen-bond acceptors (Lipinski definition) is 6. The molecule has 0 aromatic carbocycles. The van der Waals surface area contributed by atoms with Gasteiger partial charge in [-0.05, 0) is 64.5 Å². The Morgan fingerprint density at radius 1 is 1.24 bits per heavy atom. The van der Waals surface area contributed by atoms with E-state index in [0.717, 1.165) is 18.5 Å². The van der Waals surface area contributed by atoms with Gasteiger partial charge in [0.25, 0.3) is 5.91 Å². The van der Waals surface area contributed by atoms with Crippen molar-refractivity contribution in [3.8, 4) is 0 Å². The molecule has 1 atom stereocenters. The first-order chi connectivity index (χ1) is 13.7. The number of amides is 2. The van der Waals surface area contributed by atoms with Gasteiger partial charge in [-0.15, -0.1) is 0 Å². The maximum absolute atomic E-state index is 12.7. The van der Waals surface area contributed by atoms with Gasteiger partial charge >= 0.3 is 12.1 Å². The van der Waals surface area contributed by atoms with Crippen molar-refractivity contribution in [2.24, 2.45) is 5.92 Å². The monoisotopic (exact) mass is 403 g/mol. The average molecular weight is 403 g/mol. The summed E-state index contributed by atoms with van der Waals surface area (Å²) in [6, 6.07) is 2.94. The number of fused-ring (bicyclic) bond motifs is 1. The number of nitrogens with zero attached hydrogens (tertiary/aromatic N) is 2. The molecule has 0 saturated heterocycles. The third kappa shape index (κ3) is 4.86. The second-order valence-electron chi connectivity index (χ2n) is 8.65. The molecule has 1 aliphatic carbocycles. The molecule has 2 amide bonds. The highest BCUT2D eigenvalue weighted by molar-refractivity contribution is 5.97. The topological polar surface area (TPSA) is 97.8 Å². The number of rotatable bonds is 4. The van der Waals surface area contributed by atoms with Crippen molar-refractivity contribution in [2.75, 3.05) is 7.11 Å². The van der Waals surface area contributed by atoms with E-state index in [4.69, 9.17) is 9.47 Å². The van der Waals surface area contributed by atoms with Gasteiger partial charge < -0.3 is 19.7 Å². The minimum absolute atomic E-state index is 0.0212. The number of alkyl carbamates (subject to hydrolysis) is 1. The molecule has 1 aliphatic heterocycles. The average Bonchev–Trinajstić information content (AvgIpc) is 3.01. The lowest BCUT2D eigenvalue weighted by Crippen LogP contribution is -2.50. The fraction of sp³-hybridized carbons (Fsp3) is 0.619. The van der Waals surface area contributed by atoms with Gasteiger partial charge in [0, 0.05) is 12.2 Å². The fourth-order valence-corrected chi connectivity index (χ4v) is 4.12. The molecule has 0 spiro atoms. The zero-order valence-corrected chi connectivity index (χ0v) is 17.4. The van der Waals surface area contributed by atoms with E-state index in [9.17, 15) is 14.4 Å². The number of esters is 1. The second-order valence-corrected chi connectivity index (χ2v) is 8.65. The number of pyridine rings is 1. The molecule has 1 fully saturated rings. The zero-order chi connectivity index (χ0) is 21.2. The minimum atomic E-state index is -0.760. The Balaban J connectivity index is 1.61. The van der Waals surface area contributed by atoms with Crippen LogP contribution in [0.25, 0.3) is 0 Å². The summed E-state index contributed by atoms with van der Waals surface area (Å²) in [6.07, 6.45) is 3.99. The molecular weight excluding hydrogens is 374 g/mol. The molecule has 0 radical (unpaired) electrons. The summed E-state index contributed by atoms with van der Waals surface area (Å²) >= 11 is 0. The predicted octanol–water partition coefficient (Wildman–Crippen LogP) is 2.66. The summed E-state index contributed by atoms with van der Waals surface area (Å²) in [7, 11) is 1.31. The van der Waals surface area contributed by atoms with Crippen molar-refractivity contribution in [1.82, 2.24) is 15.2 Å².